The summed E-state index contributed by atoms with van der Waals surface area (Å²) in [6.45, 7) is 0. The summed E-state index contributed by atoms with van der Waals surface area (Å²) in [7, 11) is 0. The van der Waals surface area contributed by atoms with Gasteiger partial charge in [0.05, 0.1) is 0 Å². The van der Waals surface area contributed by atoms with Crippen LogP contribution in [0.3, 0.4) is 0 Å². The third kappa shape index (κ3) is 4.76. The Morgan fingerprint density at radius 3 is 1.47 bits per heavy atom. The van der Waals surface area contributed by atoms with Gasteiger partial charge in [0, 0.05) is 58.6 Å². The smallest absolute Gasteiger partial charge is 0.409 e. The number of carbonyl (C=O) groups excluding carboxylic acids is 2. The van der Waals surface area contributed by atoms with Crippen molar-refractivity contribution in [2.24, 2.45) is 0 Å². The Balaban J connectivity index is 1.34. The van der Waals surface area contributed by atoms with Crippen LogP contribution in [0.4, 0.5) is 30.1 Å². The molecule has 0 saturated heterocycles. The molecule has 5 rings (SSSR count). The topological polar surface area (TPSA) is 124 Å². The van der Waals surface area contributed by atoms with Crippen molar-refractivity contribution in [2.45, 2.75) is 0 Å². The molecular weight excluding hydrogens is 519 g/mol. The SMILES string of the molecule is O=C(Oc1ccnc(OC(=O)N(c2nccs2)c2nccs2)c1)N(c1nccs1)c1nccs1. The van der Waals surface area contributed by atoms with Crippen LogP contribution in [0.15, 0.2) is 64.6 Å². The lowest BCUT2D eigenvalue weighted by atomic mass is 10.4. The van der Waals surface area contributed by atoms with Crippen LogP contribution >= 0.6 is 45.3 Å². The second-order valence-electron chi connectivity index (χ2n) is 6.00. The van der Waals surface area contributed by atoms with Gasteiger partial charge in [-0.05, 0) is 6.07 Å². The molecule has 5 heterocycles. The highest BCUT2D eigenvalue weighted by Gasteiger charge is 2.27. The molecule has 34 heavy (non-hydrogen) atoms. The Morgan fingerprint density at radius 2 is 1.06 bits per heavy atom. The van der Waals surface area contributed by atoms with Crippen molar-refractivity contribution < 1.29 is 19.1 Å². The maximum Gasteiger partial charge on any atom is 0.429 e. The number of carbonyl (C=O) groups is 2. The van der Waals surface area contributed by atoms with E-state index in [1.807, 2.05) is 0 Å². The van der Waals surface area contributed by atoms with E-state index in [0.29, 0.717) is 20.5 Å². The molecule has 0 aliphatic heterocycles. The molecular formula is C19H11N7O4S4. The first-order valence-electron chi connectivity index (χ1n) is 9.27. The molecule has 0 bridgehead atoms. The first-order chi connectivity index (χ1) is 16.7. The van der Waals surface area contributed by atoms with Crippen LogP contribution in [-0.2, 0) is 0 Å². The number of aromatic nitrogens is 5. The molecule has 11 nitrogen and oxygen atoms in total. The van der Waals surface area contributed by atoms with E-state index in [0.717, 1.165) is 0 Å². The molecule has 0 N–H and O–H groups in total. The molecule has 0 fully saturated rings. The third-order valence-corrected chi connectivity index (χ3v) is 6.94. The van der Waals surface area contributed by atoms with Crippen molar-refractivity contribution in [3.05, 3.63) is 64.6 Å². The predicted molar refractivity (Wildman–Crippen MR) is 129 cm³/mol. The number of nitrogens with zero attached hydrogens (tertiary/aromatic N) is 7. The minimum atomic E-state index is -0.756. The van der Waals surface area contributed by atoms with Crippen LogP contribution in [0, 0.1) is 0 Å². The van der Waals surface area contributed by atoms with Gasteiger partial charge in [-0.25, -0.2) is 34.5 Å². The van der Waals surface area contributed by atoms with Crippen molar-refractivity contribution in [1.29, 1.82) is 0 Å². The van der Waals surface area contributed by atoms with Crippen LogP contribution in [0.25, 0.3) is 0 Å². The molecule has 0 aromatic carbocycles. The number of hydrogen-bond acceptors (Lipinski definition) is 13. The van der Waals surface area contributed by atoms with Gasteiger partial charge in [0.15, 0.2) is 0 Å². The Labute approximate surface area is 207 Å². The van der Waals surface area contributed by atoms with Crippen LogP contribution in [0.5, 0.6) is 11.6 Å². The largest absolute Gasteiger partial charge is 0.429 e. The van der Waals surface area contributed by atoms with Crippen molar-refractivity contribution in [3.63, 3.8) is 0 Å². The highest BCUT2D eigenvalue weighted by molar-refractivity contribution is 7.16. The quantitative estimate of drug-likeness (QED) is 0.277. The highest BCUT2D eigenvalue weighted by Crippen LogP contribution is 2.32. The van der Waals surface area contributed by atoms with Crippen molar-refractivity contribution >= 4 is 78.1 Å². The van der Waals surface area contributed by atoms with E-state index in [-0.39, 0.29) is 11.6 Å². The van der Waals surface area contributed by atoms with E-state index < -0.39 is 12.2 Å². The van der Waals surface area contributed by atoms with Crippen molar-refractivity contribution in [1.82, 2.24) is 24.9 Å². The van der Waals surface area contributed by atoms with Gasteiger partial charge in [-0.3, -0.25) is 0 Å². The third-order valence-electron chi connectivity index (χ3n) is 3.91. The zero-order valence-electron chi connectivity index (χ0n) is 16.7. The van der Waals surface area contributed by atoms with Gasteiger partial charge < -0.3 is 9.47 Å². The average Bonchev–Trinajstić information content (AvgIpc) is 3.63. The molecule has 5 aromatic heterocycles. The van der Waals surface area contributed by atoms with E-state index in [1.165, 1.54) is 73.5 Å². The van der Waals surface area contributed by atoms with Gasteiger partial charge in [-0.15, -0.1) is 45.3 Å². The fourth-order valence-electron chi connectivity index (χ4n) is 2.57. The normalized spacial score (nSPS) is 10.6. The van der Waals surface area contributed by atoms with Crippen molar-refractivity contribution in [2.75, 3.05) is 9.80 Å². The summed E-state index contributed by atoms with van der Waals surface area (Å²) >= 11 is 5.04. The monoisotopic (exact) mass is 529 g/mol. The van der Waals surface area contributed by atoms with Crippen LogP contribution in [-0.4, -0.2) is 37.1 Å². The maximum atomic E-state index is 12.9. The number of pyridine rings is 1. The average molecular weight is 530 g/mol. The fourth-order valence-corrected chi connectivity index (χ4v) is 5.22. The summed E-state index contributed by atoms with van der Waals surface area (Å²) in [6.07, 6.45) is 6.18. The van der Waals surface area contributed by atoms with Crippen LogP contribution < -0.4 is 19.3 Å². The zero-order valence-corrected chi connectivity index (χ0v) is 20.0. The molecule has 0 unspecified atom stereocenters. The Morgan fingerprint density at radius 1 is 0.618 bits per heavy atom. The molecule has 15 heteroatoms. The molecule has 170 valence electrons. The van der Waals surface area contributed by atoms with E-state index in [2.05, 4.69) is 24.9 Å². The van der Waals surface area contributed by atoms with Crippen molar-refractivity contribution in [3.8, 4) is 11.6 Å². The van der Waals surface area contributed by atoms with Gasteiger partial charge in [-0.1, -0.05) is 0 Å². The van der Waals surface area contributed by atoms with Gasteiger partial charge in [0.25, 0.3) is 0 Å². The summed E-state index contributed by atoms with van der Waals surface area (Å²) in [6, 6.07) is 2.80. The molecule has 0 spiro atoms. The molecule has 0 saturated carbocycles. The van der Waals surface area contributed by atoms with Gasteiger partial charge >= 0.3 is 12.2 Å². The number of anilines is 4. The number of hydrogen-bond donors (Lipinski definition) is 0. The number of amides is 2. The zero-order chi connectivity index (χ0) is 23.3. The maximum absolute atomic E-state index is 12.9. The van der Waals surface area contributed by atoms with E-state index in [9.17, 15) is 9.59 Å². The van der Waals surface area contributed by atoms with Gasteiger partial charge in [0.2, 0.25) is 26.4 Å². The number of ether oxygens (including phenoxy) is 2. The van der Waals surface area contributed by atoms with Gasteiger partial charge in [-0.2, -0.15) is 9.80 Å². The first kappa shape index (κ1) is 22.0. The Bertz CT molecular complexity index is 1190. The van der Waals surface area contributed by atoms with Gasteiger partial charge in [0.1, 0.15) is 5.75 Å². The molecule has 2 amide bonds. The summed E-state index contributed by atoms with van der Waals surface area (Å²) in [5, 5.41) is 8.55. The minimum Gasteiger partial charge on any atom is -0.409 e. The van der Waals surface area contributed by atoms with Crippen LogP contribution in [0.2, 0.25) is 0 Å². The predicted octanol–water partition coefficient (Wildman–Crippen LogP) is 5.58. The minimum absolute atomic E-state index is 0.0662. The lowest BCUT2D eigenvalue weighted by molar-refractivity contribution is 0.207. The molecule has 0 aliphatic carbocycles. The molecule has 5 aromatic rings. The number of thiazole rings is 4. The van der Waals surface area contributed by atoms with Crippen LogP contribution in [0.1, 0.15) is 0 Å². The van der Waals surface area contributed by atoms with E-state index >= 15 is 0 Å². The Hall–Kier alpha value is -3.79. The summed E-state index contributed by atoms with van der Waals surface area (Å²) < 4.78 is 10.9. The second-order valence-corrected chi connectivity index (χ2v) is 9.49. The highest BCUT2D eigenvalue weighted by atomic mass is 32.1. The summed E-state index contributed by atoms with van der Waals surface area (Å²) in [5.41, 5.74) is 0. The lowest BCUT2D eigenvalue weighted by Gasteiger charge is -2.17. The molecule has 0 radical (unpaired) electrons. The summed E-state index contributed by atoms with van der Waals surface area (Å²) in [5.74, 6) is 0.0550. The first-order valence-corrected chi connectivity index (χ1v) is 12.8. The lowest BCUT2D eigenvalue weighted by Crippen LogP contribution is -2.29. The Kier molecular flexibility index (Phi) is 6.48. The number of rotatable bonds is 6. The standard InChI is InChI=1S/C19H11N7O4S4/c27-18(25(14-21-3-7-31-14)15-22-4-8-32-15)29-12-1-2-20-13(11-12)30-19(28)26(16-23-5-9-33-16)17-24-6-10-34-17/h1-11H. The van der Waals surface area contributed by atoms with E-state index in [4.69, 9.17) is 9.47 Å². The fraction of sp³-hybridized carbons (Fsp3) is 0. The summed E-state index contributed by atoms with van der Waals surface area (Å²) in [4.78, 5) is 49.1. The second kappa shape index (κ2) is 10.0. The van der Waals surface area contributed by atoms with E-state index in [1.54, 1.807) is 46.3 Å². The molecule has 0 atom stereocenters. The molecule has 0 aliphatic rings.